The van der Waals surface area contributed by atoms with E-state index in [1.807, 2.05) is 13.8 Å². The predicted octanol–water partition coefficient (Wildman–Crippen LogP) is 3.06. The quantitative estimate of drug-likeness (QED) is 0.590. The highest BCUT2D eigenvalue weighted by Gasteiger charge is 2.46. The SMILES string of the molecule is CC.CC1(C)CCC2(CNC2)C1.[HH]. The smallest absolute Gasteiger partial charge is 0.00204 e. The maximum atomic E-state index is 3.38. The van der Waals surface area contributed by atoms with Gasteiger partial charge in [0.15, 0.2) is 0 Å². The summed E-state index contributed by atoms with van der Waals surface area (Å²) < 4.78 is 0. The van der Waals surface area contributed by atoms with E-state index in [0.29, 0.717) is 5.41 Å². The van der Waals surface area contributed by atoms with Gasteiger partial charge in [-0.15, -0.1) is 0 Å². The lowest BCUT2D eigenvalue weighted by molar-refractivity contribution is 0.157. The number of rotatable bonds is 0. The van der Waals surface area contributed by atoms with Gasteiger partial charge in [0.1, 0.15) is 0 Å². The van der Waals surface area contributed by atoms with Crippen LogP contribution < -0.4 is 5.32 Å². The van der Waals surface area contributed by atoms with Crippen LogP contribution in [0.2, 0.25) is 0 Å². The second-order valence-corrected chi connectivity index (χ2v) is 4.94. The van der Waals surface area contributed by atoms with E-state index in [1.165, 1.54) is 32.4 Å². The van der Waals surface area contributed by atoms with Crippen molar-refractivity contribution in [1.29, 1.82) is 0 Å². The van der Waals surface area contributed by atoms with Gasteiger partial charge in [-0.05, 0) is 30.1 Å². The molecule has 74 valence electrons. The van der Waals surface area contributed by atoms with Crippen LogP contribution in [0, 0.1) is 10.8 Å². The summed E-state index contributed by atoms with van der Waals surface area (Å²) in [6.07, 6.45) is 4.36. The average molecular weight is 171 g/mol. The minimum absolute atomic E-state index is 0. The van der Waals surface area contributed by atoms with Crippen molar-refractivity contribution in [3.8, 4) is 0 Å². The summed E-state index contributed by atoms with van der Waals surface area (Å²) >= 11 is 0. The van der Waals surface area contributed by atoms with Gasteiger partial charge in [0.2, 0.25) is 0 Å². The van der Waals surface area contributed by atoms with Crippen LogP contribution in [0.5, 0.6) is 0 Å². The Morgan fingerprint density at radius 2 is 1.67 bits per heavy atom. The molecule has 0 aromatic rings. The van der Waals surface area contributed by atoms with Crippen LogP contribution in [0.15, 0.2) is 0 Å². The molecule has 1 saturated carbocycles. The summed E-state index contributed by atoms with van der Waals surface area (Å²) in [6, 6.07) is 0. The lowest BCUT2D eigenvalue weighted by atomic mass is 9.77. The molecule has 1 nitrogen and oxygen atoms in total. The Balaban J connectivity index is 0.000000451. The van der Waals surface area contributed by atoms with Crippen molar-refractivity contribution in [2.45, 2.75) is 47.0 Å². The van der Waals surface area contributed by atoms with Gasteiger partial charge in [-0.25, -0.2) is 0 Å². The van der Waals surface area contributed by atoms with Crippen LogP contribution in [-0.2, 0) is 0 Å². The van der Waals surface area contributed by atoms with Crippen molar-refractivity contribution in [1.82, 2.24) is 5.32 Å². The summed E-state index contributed by atoms with van der Waals surface area (Å²) in [4.78, 5) is 0. The number of hydrogen-bond acceptors (Lipinski definition) is 1. The van der Waals surface area contributed by atoms with Gasteiger partial charge in [0, 0.05) is 14.5 Å². The van der Waals surface area contributed by atoms with Crippen LogP contribution in [0.25, 0.3) is 0 Å². The van der Waals surface area contributed by atoms with Crippen molar-refractivity contribution in [2.75, 3.05) is 13.1 Å². The Morgan fingerprint density at radius 3 is 1.83 bits per heavy atom. The monoisotopic (exact) mass is 171 g/mol. The summed E-state index contributed by atoms with van der Waals surface area (Å²) in [7, 11) is 0. The standard InChI is InChI=1S/C9H17N.C2H6.H2/c1-8(2)3-4-9(5-8)6-10-7-9;1-2;/h10H,3-7H2,1-2H3;1-2H3;1H. The molecule has 1 N–H and O–H groups in total. The van der Waals surface area contributed by atoms with Crippen LogP contribution in [0.3, 0.4) is 0 Å². The molecule has 0 aromatic carbocycles. The predicted molar refractivity (Wildman–Crippen MR) is 56.4 cm³/mol. The first-order chi connectivity index (χ1) is 5.62. The van der Waals surface area contributed by atoms with Gasteiger partial charge in [-0.3, -0.25) is 0 Å². The molecule has 0 radical (unpaired) electrons. The van der Waals surface area contributed by atoms with Crippen LogP contribution >= 0.6 is 0 Å². The molecule has 1 aliphatic heterocycles. The second kappa shape index (κ2) is 3.37. The van der Waals surface area contributed by atoms with Crippen LogP contribution in [0.4, 0.5) is 0 Å². The molecule has 2 fully saturated rings. The minimum atomic E-state index is 0. The summed E-state index contributed by atoms with van der Waals surface area (Å²) in [5.41, 5.74) is 1.38. The van der Waals surface area contributed by atoms with Crippen molar-refractivity contribution in [2.24, 2.45) is 10.8 Å². The first kappa shape index (κ1) is 10.0. The van der Waals surface area contributed by atoms with Crippen molar-refractivity contribution in [3.05, 3.63) is 0 Å². The lowest BCUT2D eigenvalue weighted by Crippen LogP contribution is -2.52. The Hall–Kier alpha value is -0.0400. The third-order valence-corrected chi connectivity index (χ3v) is 3.19. The molecule has 12 heavy (non-hydrogen) atoms. The van der Waals surface area contributed by atoms with Gasteiger partial charge >= 0.3 is 0 Å². The van der Waals surface area contributed by atoms with Gasteiger partial charge in [0.25, 0.3) is 0 Å². The Morgan fingerprint density at radius 1 is 1.08 bits per heavy atom. The molecule has 1 spiro atoms. The molecular weight excluding hydrogens is 146 g/mol. The number of hydrogen-bond donors (Lipinski definition) is 1. The van der Waals surface area contributed by atoms with E-state index in [4.69, 9.17) is 0 Å². The maximum Gasteiger partial charge on any atom is 0.00204 e. The van der Waals surface area contributed by atoms with Gasteiger partial charge < -0.3 is 5.32 Å². The molecule has 0 amide bonds. The molecular formula is C11H25N. The minimum Gasteiger partial charge on any atom is -0.316 e. The summed E-state index contributed by atoms with van der Waals surface area (Å²) in [5, 5.41) is 3.38. The maximum absolute atomic E-state index is 3.38. The fraction of sp³-hybridized carbons (Fsp3) is 1.00. The van der Waals surface area contributed by atoms with Crippen LogP contribution in [0.1, 0.15) is 48.4 Å². The zero-order chi connectivity index (χ0) is 9.24. The van der Waals surface area contributed by atoms with E-state index >= 15 is 0 Å². The Bertz CT molecular complexity index is 150. The molecule has 0 bridgehead atoms. The van der Waals surface area contributed by atoms with E-state index < -0.39 is 0 Å². The molecule has 0 aromatic heterocycles. The van der Waals surface area contributed by atoms with E-state index in [-0.39, 0.29) is 1.43 Å². The van der Waals surface area contributed by atoms with E-state index in [2.05, 4.69) is 19.2 Å². The van der Waals surface area contributed by atoms with E-state index in [0.717, 1.165) is 5.41 Å². The van der Waals surface area contributed by atoms with E-state index in [9.17, 15) is 0 Å². The first-order valence-electron chi connectivity index (χ1n) is 5.33. The van der Waals surface area contributed by atoms with Gasteiger partial charge in [-0.2, -0.15) is 0 Å². The zero-order valence-electron chi connectivity index (χ0n) is 9.04. The molecule has 2 rings (SSSR count). The fourth-order valence-corrected chi connectivity index (χ4v) is 2.58. The van der Waals surface area contributed by atoms with Crippen molar-refractivity contribution in [3.63, 3.8) is 0 Å². The van der Waals surface area contributed by atoms with Gasteiger partial charge in [-0.1, -0.05) is 27.7 Å². The average Bonchev–Trinajstić information content (AvgIpc) is 2.30. The first-order valence-corrected chi connectivity index (χ1v) is 5.33. The molecule has 1 aliphatic carbocycles. The molecule has 0 atom stereocenters. The molecule has 1 heterocycles. The van der Waals surface area contributed by atoms with Crippen molar-refractivity contribution >= 4 is 0 Å². The molecule has 1 heteroatoms. The lowest BCUT2D eigenvalue weighted by Gasteiger charge is -2.40. The third-order valence-electron chi connectivity index (χ3n) is 3.19. The Kier molecular flexibility index (Phi) is 2.82. The fourth-order valence-electron chi connectivity index (χ4n) is 2.58. The normalized spacial score (nSPS) is 29.0. The second-order valence-electron chi connectivity index (χ2n) is 4.94. The molecule has 1 saturated heterocycles. The van der Waals surface area contributed by atoms with Gasteiger partial charge in [0.05, 0.1) is 0 Å². The molecule has 0 unspecified atom stereocenters. The topological polar surface area (TPSA) is 12.0 Å². The van der Waals surface area contributed by atoms with Crippen LogP contribution in [-0.4, -0.2) is 13.1 Å². The Labute approximate surface area is 78.4 Å². The van der Waals surface area contributed by atoms with E-state index in [1.54, 1.807) is 0 Å². The summed E-state index contributed by atoms with van der Waals surface area (Å²) in [5.74, 6) is 0. The zero-order valence-corrected chi connectivity index (χ0v) is 9.04. The number of nitrogens with one attached hydrogen (secondary N) is 1. The van der Waals surface area contributed by atoms with Crippen molar-refractivity contribution < 1.29 is 1.43 Å². The molecule has 2 aliphatic rings. The largest absolute Gasteiger partial charge is 0.316 e. The highest BCUT2D eigenvalue weighted by molar-refractivity contribution is 5.01. The third kappa shape index (κ3) is 1.82. The highest BCUT2D eigenvalue weighted by atomic mass is 15.0. The summed E-state index contributed by atoms with van der Waals surface area (Å²) in [6.45, 7) is 11.4. The highest BCUT2D eigenvalue weighted by Crippen LogP contribution is 2.50.